The Balaban J connectivity index is 2.33. The summed E-state index contributed by atoms with van der Waals surface area (Å²) in [6, 6.07) is 6.27. The predicted molar refractivity (Wildman–Crippen MR) is 67.6 cm³/mol. The molecule has 0 aliphatic heterocycles. The molecule has 1 aromatic carbocycles. The first-order valence-corrected chi connectivity index (χ1v) is 5.81. The highest BCUT2D eigenvalue weighted by atomic mass is 35.5. The fourth-order valence-electron chi connectivity index (χ4n) is 1.92. The van der Waals surface area contributed by atoms with E-state index in [2.05, 4.69) is 15.3 Å². The van der Waals surface area contributed by atoms with Crippen LogP contribution in [0.3, 0.4) is 0 Å². The topological polar surface area (TPSA) is 72.5 Å². The maximum absolute atomic E-state index is 13.0. The second kappa shape index (κ2) is 4.14. The van der Waals surface area contributed by atoms with Crippen LogP contribution in [-0.2, 0) is 6.18 Å². The summed E-state index contributed by atoms with van der Waals surface area (Å²) in [6.45, 7) is 0. The zero-order valence-corrected chi connectivity index (χ0v) is 10.5. The third-order valence-electron chi connectivity index (χ3n) is 2.73. The van der Waals surface area contributed by atoms with E-state index in [0.29, 0.717) is 10.7 Å². The molecule has 0 radical (unpaired) electrons. The van der Waals surface area contributed by atoms with E-state index in [-0.39, 0.29) is 16.9 Å². The first kappa shape index (κ1) is 12.8. The minimum Gasteiger partial charge on any atom is -0.383 e. The Morgan fingerprint density at radius 2 is 2.05 bits per heavy atom. The molecule has 3 rings (SSSR count). The molecule has 0 saturated heterocycles. The van der Waals surface area contributed by atoms with E-state index in [1.165, 1.54) is 6.07 Å². The van der Waals surface area contributed by atoms with Crippen LogP contribution in [0.2, 0.25) is 5.02 Å². The molecule has 0 bridgehead atoms. The van der Waals surface area contributed by atoms with Gasteiger partial charge in [0.15, 0.2) is 11.3 Å². The number of H-pyrrole nitrogens is 1. The number of hydrogen-bond donors (Lipinski definition) is 2. The molecule has 104 valence electrons. The Morgan fingerprint density at radius 1 is 1.30 bits per heavy atom. The summed E-state index contributed by atoms with van der Waals surface area (Å²) in [5.41, 5.74) is 4.78. The van der Waals surface area contributed by atoms with Crippen molar-refractivity contribution < 1.29 is 13.2 Å². The van der Waals surface area contributed by atoms with Crippen molar-refractivity contribution in [2.45, 2.75) is 6.18 Å². The highest BCUT2D eigenvalue weighted by Gasteiger charge is 2.39. The van der Waals surface area contributed by atoms with Gasteiger partial charge in [0.25, 0.3) is 0 Å². The molecule has 2 heterocycles. The zero-order valence-electron chi connectivity index (χ0n) is 9.74. The second-order valence-corrected chi connectivity index (χ2v) is 4.51. The average Bonchev–Trinajstić information content (AvgIpc) is 2.90. The van der Waals surface area contributed by atoms with E-state index in [9.17, 15) is 13.2 Å². The number of anilines is 1. The third kappa shape index (κ3) is 1.88. The lowest BCUT2D eigenvalue weighted by atomic mass is 10.3. The lowest BCUT2D eigenvalue weighted by molar-refractivity contribution is -0.140. The number of hydrogen-bond acceptors (Lipinski definition) is 3. The molecule has 0 aliphatic rings. The van der Waals surface area contributed by atoms with Crippen molar-refractivity contribution in [3.05, 3.63) is 35.0 Å². The largest absolute Gasteiger partial charge is 0.436 e. The number of rotatable bonds is 1. The molecular formula is C11H7ClF3N5. The van der Waals surface area contributed by atoms with Crippen LogP contribution in [0.25, 0.3) is 16.7 Å². The van der Waals surface area contributed by atoms with E-state index >= 15 is 0 Å². The highest BCUT2D eigenvalue weighted by Crippen LogP contribution is 2.36. The van der Waals surface area contributed by atoms with Crippen molar-refractivity contribution in [1.29, 1.82) is 0 Å². The van der Waals surface area contributed by atoms with Gasteiger partial charge >= 0.3 is 6.18 Å². The number of aromatic nitrogens is 4. The number of benzene rings is 1. The van der Waals surface area contributed by atoms with Crippen LogP contribution in [-0.4, -0.2) is 20.0 Å². The molecule has 0 amide bonds. The van der Waals surface area contributed by atoms with Crippen LogP contribution < -0.4 is 5.73 Å². The Kier molecular flexibility index (Phi) is 2.65. The molecule has 9 heteroatoms. The predicted octanol–water partition coefficient (Wildman–Crippen LogP) is 3.00. The van der Waals surface area contributed by atoms with Crippen molar-refractivity contribution in [2.75, 3.05) is 5.73 Å². The van der Waals surface area contributed by atoms with E-state index < -0.39 is 11.9 Å². The van der Waals surface area contributed by atoms with Gasteiger partial charge < -0.3 is 5.73 Å². The fraction of sp³-hybridized carbons (Fsp3) is 0.0909. The number of nitrogen functional groups attached to an aromatic ring is 1. The van der Waals surface area contributed by atoms with Gasteiger partial charge in [-0.15, -0.1) is 0 Å². The fourth-order valence-corrected chi connectivity index (χ4v) is 2.10. The van der Waals surface area contributed by atoms with E-state index in [0.717, 1.165) is 4.68 Å². The van der Waals surface area contributed by atoms with Gasteiger partial charge in [-0.1, -0.05) is 17.7 Å². The molecule has 3 N–H and O–H groups in total. The first-order valence-electron chi connectivity index (χ1n) is 5.43. The van der Waals surface area contributed by atoms with Crippen LogP contribution in [0.5, 0.6) is 0 Å². The molecule has 20 heavy (non-hydrogen) atoms. The normalized spacial score (nSPS) is 12.2. The van der Waals surface area contributed by atoms with Gasteiger partial charge in [-0.2, -0.15) is 23.4 Å². The number of fused-ring (bicyclic) bond motifs is 1. The zero-order chi connectivity index (χ0) is 14.5. The number of nitrogens with zero attached hydrogens (tertiary/aromatic N) is 3. The first-order chi connectivity index (χ1) is 9.38. The number of halogens is 4. The minimum atomic E-state index is -4.62. The van der Waals surface area contributed by atoms with Crippen molar-refractivity contribution in [3.63, 3.8) is 0 Å². The molecule has 5 nitrogen and oxygen atoms in total. The molecule has 2 aromatic heterocycles. The summed E-state index contributed by atoms with van der Waals surface area (Å²) < 4.78 is 40.0. The van der Waals surface area contributed by atoms with Crippen molar-refractivity contribution in [1.82, 2.24) is 20.0 Å². The summed E-state index contributed by atoms with van der Waals surface area (Å²) in [5, 5.41) is 9.78. The molecule has 0 spiro atoms. The van der Waals surface area contributed by atoms with Gasteiger partial charge in [-0.05, 0) is 18.2 Å². The van der Waals surface area contributed by atoms with Crippen LogP contribution in [0.4, 0.5) is 19.0 Å². The highest BCUT2D eigenvalue weighted by molar-refractivity contribution is 6.30. The van der Waals surface area contributed by atoms with Crippen LogP contribution in [0.15, 0.2) is 24.3 Å². The van der Waals surface area contributed by atoms with Gasteiger partial charge in [0.05, 0.1) is 11.1 Å². The molecule has 0 saturated carbocycles. The molecule has 3 aromatic rings. The Labute approximate surface area is 115 Å². The lowest BCUT2D eigenvalue weighted by Crippen LogP contribution is -2.08. The van der Waals surface area contributed by atoms with Gasteiger partial charge in [0.2, 0.25) is 0 Å². The van der Waals surface area contributed by atoms with E-state index in [1.807, 2.05) is 0 Å². The minimum absolute atomic E-state index is 0.00269. The van der Waals surface area contributed by atoms with Gasteiger partial charge in [-0.25, -0.2) is 4.68 Å². The third-order valence-corrected chi connectivity index (χ3v) is 2.97. The molecule has 0 atom stereocenters. The number of nitrogens with one attached hydrogen (secondary N) is 1. The smallest absolute Gasteiger partial charge is 0.383 e. The maximum Gasteiger partial charge on any atom is 0.436 e. The summed E-state index contributed by atoms with van der Waals surface area (Å²) >= 11 is 5.83. The van der Waals surface area contributed by atoms with Crippen molar-refractivity contribution in [2.24, 2.45) is 0 Å². The van der Waals surface area contributed by atoms with E-state index in [1.54, 1.807) is 18.2 Å². The number of alkyl halides is 3. The lowest BCUT2D eigenvalue weighted by Gasteiger charge is -2.03. The summed E-state index contributed by atoms with van der Waals surface area (Å²) in [4.78, 5) is 0. The van der Waals surface area contributed by atoms with Gasteiger partial charge in [0.1, 0.15) is 5.82 Å². The molecule has 0 unspecified atom stereocenters. The number of nitrogens with two attached hydrogens (primary N) is 1. The van der Waals surface area contributed by atoms with Crippen molar-refractivity contribution >= 4 is 28.5 Å². The second-order valence-electron chi connectivity index (χ2n) is 4.07. The van der Waals surface area contributed by atoms with Gasteiger partial charge in [0, 0.05) is 5.02 Å². The van der Waals surface area contributed by atoms with Crippen LogP contribution in [0.1, 0.15) is 5.69 Å². The summed E-state index contributed by atoms with van der Waals surface area (Å²) in [7, 11) is 0. The van der Waals surface area contributed by atoms with Gasteiger partial charge in [-0.3, -0.25) is 5.10 Å². The Morgan fingerprint density at radius 3 is 2.70 bits per heavy atom. The maximum atomic E-state index is 13.0. The standard InChI is InChI=1S/C11H7ClF3N5/c12-5-2-1-3-6(4-5)20-10-7(9(16)17-18-10)8(19-20)11(13,14)15/h1-4H,(H3,16,17,18). The average molecular weight is 302 g/mol. The Bertz CT molecular complexity index is 789. The van der Waals surface area contributed by atoms with Crippen molar-refractivity contribution in [3.8, 4) is 5.69 Å². The van der Waals surface area contributed by atoms with Crippen LogP contribution >= 0.6 is 11.6 Å². The summed E-state index contributed by atoms with van der Waals surface area (Å²) in [6.07, 6.45) is -4.62. The number of aromatic amines is 1. The van der Waals surface area contributed by atoms with E-state index in [4.69, 9.17) is 17.3 Å². The molecular weight excluding hydrogens is 295 g/mol. The molecule has 0 aliphatic carbocycles. The quantitative estimate of drug-likeness (QED) is 0.725. The molecule has 0 fully saturated rings. The SMILES string of the molecule is Nc1[nH]nc2c1c(C(F)(F)F)nn2-c1cccc(Cl)c1. The monoisotopic (exact) mass is 301 g/mol. The summed E-state index contributed by atoms with van der Waals surface area (Å²) in [5.74, 6) is -0.180. The Hall–Kier alpha value is -2.22. The van der Waals surface area contributed by atoms with Crippen LogP contribution in [0, 0.1) is 0 Å².